The number of anilines is 3. The molecule has 0 radical (unpaired) electrons. The first-order valence-electron chi connectivity index (χ1n) is 13.6. The number of carbonyl (C=O) groups excluding carboxylic acids is 2. The Labute approximate surface area is 243 Å². The number of ether oxygens (including phenoxy) is 1. The number of para-hydroxylation sites is 1. The van der Waals surface area contributed by atoms with Crippen LogP contribution < -0.4 is 20.7 Å². The standard InChI is InChI=1S/C29H28F4N6O4/c1-43-26-22(23(34-15-35-26)38-27-12-28(13-27,14-27)39-9-8-17(40)11-39)25(42)37-21-5-3-2-4-18(21)24(41)36-16-6-7-20(30)19(10-16)29(31,32)33/h2-7,10,15,17,40H,8-9,11-14H2,1H3,(H,36,41)(H,37,42)(H,34,35,38). The van der Waals surface area contributed by atoms with Crippen LogP contribution in [0.4, 0.5) is 34.8 Å². The zero-order valence-electron chi connectivity index (χ0n) is 23.0. The van der Waals surface area contributed by atoms with Crippen molar-refractivity contribution in [3.05, 3.63) is 71.3 Å². The fraction of sp³-hybridized carbons (Fsp3) is 0.379. The molecule has 2 heterocycles. The normalized spacial score (nSPS) is 24.5. The molecule has 43 heavy (non-hydrogen) atoms. The number of hydrogen-bond acceptors (Lipinski definition) is 8. The number of hydrogen-bond donors (Lipinski definition) is 4. The highest BCUT2D eigenvalue weighted by Gasteiger charge is 2.71. The molecule has 3 aliphatic carbocycles. The maximum Gasteiger partial charge on any atom is 0.419 e. The topological polar surface area (TPSA) is 129 Å². The summed E-state index contributed by atoms with van der Waals surface area (Å²) in [7, 11) is 1.36. The van der Waals surface area contributed by atoms with Gasteiger partial charge in [-0.15, -0.1) is 0 Å². The zero-order chi connectivity index (χ0) is 30.6. The molecule has 1 saturated heterocycles. The molecule has 1 aliphatic heterocycles. The predicted octanol–water partition coefficient (Wildman–Crippen LogP) is 4.30. The van der Waals surface area contributed by atoms with Gasteiger partial charge in [0.25, 0.3) is 11.8 Å². The van der Waals surface area contributed by atoms with Gasteiger partial charge in [0.2, 0.25) is 5.88 Å². The zero-order valence-corrected chi connectivity index (χ0v) is 23.0. The molecular formula is C29H28F4N6O4. The van der Waals surface area contributed by atoms with Crippen molar-refractivity contribution in [2.24, 2.45) is 0 Å². The van der Waals surface area contributed by atoms with Crippen molar-refractivity contribution in [1.29, 1.82) is 0 Å². The summed E-state index contributed by atoms with van der Waals surface area (Å²) in [5.41, 5.74) is -1.97. The van der Waals surface area contributed by atoms with Crippen LogP contribution in [0.3, 0.4) is 0 Å². The van der Waals surface area contributed by atoms with E-state index in [1.165, 1.54) is 31.6 Å². The van der Waals surface area contributed by atoms with E-state index in [0.717, 1.165) is 38.3 Å². The van der Waals surface area contributed by atoms with Crippen molar-refractivity contribution >= 4 is 29.0 Å². The van der Waals surface area contributed by atoms with Gasteiger partial charge < -0.3 is 25.8 Å². The molecular weight excluding hydrogens is 572 g/mol. The Kier molecular flexibility index (Phi) is 7.00. The predicted molar refractivity (Wildman–Crippen MR) is 147 cm³/mol. The molecule has 2 amide bonds. The van der Waals surface area contributed by atoms with Crippen LogP contribution in [0, 0.1) is 5.82 Å². The van der Waals surface area contributed by atoms with Crippen LogP contribution in [0.1, 0.15) is 52.0 Å². The van der Waals surface area contributed by atoms with Gasteiger partial charge >= 0.3 is 6.18 Å². The number of β-amino-alcohol motifs (C(OH)–C–C–N with tert-alkyl or cyclic N) is 1. The van der Waals surface area contributed by atoms with Crippen LogP contribution in [0.2, 0.25) is 0 Å². The van der Waals surface area contributed by atoms with Crippen LogP contribution in [0.5, 0.6) is 5.88 Å². The maximum atomic E-state index is 13.7. The lowest BCUT2D eigenvalue weighted by molar-refractivity contribution is -0.145. The van der Waals surface area contributed by atoms with Crippen LogP contribution in [-0.4, -0.2) is 69.2 Å². The number of carbonyl (C=O) groups is 2. The SMILES string of the molecule is COc1ncnc(NC23CC(N4CCC(O)C4)(C2)C3)c1C(=O)Nc1ccccc1C(=O)Nc1ccc(F)c(C(F)(F)F)c1. The lowest BCUT2D eigenvalue weighted by Crippen LogP contribution is -2.81. The Bertz CT molecular complexity index is 1580. The summed E-state index contributed by atoms with van der Waals surface area (Å²) in [5.74, 6) is -2.70. The van der Waals surface area contributed by atoms with Gasteiger partial charge in [-0.05, 0) is 56.0 Å². The van der Waals surface area contributed by atoms with Crippen molar-refractivity contribution in [3.63, 3.8) is 0 Å². The number of alkyl halides is 3. The number of aromatic nitrogens is 2. The van der Waals surface area contributed by atoms with Crippen molar-refractivity contribution < 1.29 is 37.0 Å². The molecule has 4 aliphatic rings. The van der Waals surface area contributed by atoms with Gasteiger partial charge in [-0.25, -0.2) is 14.4 Å². The Morgan fingerprint density at radius 1 is 1.07 bits per heavy atom. The average molecular weight is 601 g/mol. The molecule has 226 valence electrons. The molecule has 3 saturated carbocycles. The van der Waals surface area contributed by atoms with E-state index in [1.54, 1.807) is 6.07 Å². The van der Waals surface area contributed by atoms with Crippen molar-refractivity contribution in [1.82, 2.24) is 14.9 Å². The van der Waals surface area contributed by atoms with Crippen molar-refractivity contribution in [3.8, 4) is 5.88 Å². The second-order valence-electron chi connectivity index (χ2n) is 11.3. The second-order valence-corrected chi connectivity index (χ2v) is 11.3. The number of methoxy groups -OCH3 is 1. The number of nitrogens with zero attached hydrogens (tertiary/aromatic N) is 3. The van der Waals surface area contributed by atoms with Gasteiger partial charge in [0.05, 0.1) is 30.0 Å². The summed E-state index contributed by atoms with van der Waals surface area (Å²) >= 11 is 0. The Morgan fingerprint density at radius 2 is 1.81 bits per heavy atom. The minimum atomic E-state index is -4.95. The summed E-state index contributed by atoms with van der Waals surface area (Å²) in [5, 5.41) is 18.3. The van der Waals surface area contributed by atoms with E-state index in [4.69, 9.17) is 4.74 Å². The minimum absolute atomic E-state index is 0.00639. The first-order chi connectivity index (χ1) is 20.4. The molecule has 4 fully saturated rings. The summed E-state index contributed by atoms with van der Waals surface area (Å²) in [6.45, 7) is 1.51. The van der Waals surface area contributed by atoms with Gasteiger partial charge in [0, 0.05) is 29.9 Å². The number of benzene rings is 2. The number of aliphatic hydroxyl groups is 1. The van der Waals surface area contributed by atoms with Crippen LogP contribution in [-0.2, 0) is 6.18 Å². The van der Waals surface area contributed by atoms with Gasteiger partial charge in [0.1, 0.15) is 23.5 Å². The highest BCUT2D eigenvalue weighted by Crippen LogP contribution is 2.65. The number of rotatable bonds is 8. The average Bonchev–Trinajstić information content (AvgIpc) is 3.36. The van der Waals surface area contributed by atoms with Crippen LogP contribution in [0.15, 0.2) is 48.8 Å². The van der Waals surface area contributed by atoms with E-state index in [-0.39, 0.29) is 51.4 Å². The first kappa shape index (κ1) is 28.8. The molecule has 1 unspecified atom stereocenters. The lowest BCUT2D eigenvalue weighted by atomic mass is 9.43. The fourth-order valence-electron chi connectivity index (χ4n) is 6.44. The minimum Gasteiger partial charge on any atom is -0.480 e. The highest BCUT2D eigenvalue weighted by molar-refractivity contribution is 6.14. The van der Waals surface area contributed by atoms with Crippen LogP contribution in [0.25, 0.3) is 0 Å². The smallest absolute Gasteiger partial charge is 0.419 e. The van der Waals surface area contributed by atoms with Gasteiger partial charge in [-0.2, -0.15) is 13.2 Å². The molecule has 4 N–H and O–H groups in total. The monoisotopic (exact) mass is 600 g/mol. The number of aliphatic hydroxyl groups excluding tert-OH is 1. The van der Waals surface area contributed by atoms with E-state index in [0.29, 0.717) is 18.7 Å². The van der Waals surface area contributed by atoms with Crippen molar-refractivity contribution in [2.75, 3.05) is 36.1 Å². The molecule has 2 bridgehead atoms. The lowest BCUT2D eigenvalue weighted by Gasteiger charge is -2.73. The van der Waals surface area contributed by atoms with E-state index in [1.807, 2.05) is 0 Å². The molecule has 7 rings (SSSR count). The molecule has 3 aromatic rings. The maximum absolute atomic E-state index is 13.7. The van der Waals surface area contributed by atoms with Gasteiger partial charge in [-0.1, -0.05) is 12.1 Å². The molecule has 10 nitrogen and oxygen atoms in total. The number of nitrogens with one attached hydrogen (secondary N) is 3. The van der Waals surface area contributed by atoms with Gasteiger partial charge in [-0.3, -0.25) is 14.5 Å². The molecule has 14 heteroatoms. The molecule has 1 aromatic heterocycles. The van der Waals surface area contributed by atoms with Crippen LogP contribution >= 0.6 is 0 Å². The summed E-state index contributed by atoms with van der Waals surface area (Å²) in [6.07, 6.45) is -0.718. The third-order valence-corrected chi connectivity index (χ3v) is 8.40. The largest absolute Gasteiger partial charge is 0.480 e. The Balaban J connectivity index is 1.20. The molecule has 2 aromatic carbocycles. The number of amides is 2. The van der Waals surface area contributed by atoms with E-state index in [2.05, 4.69) is 30.8 Å². The summed E-state index contributed by atoms with van der Waals surface area (Å²) < 4.78 is 58.5. The summed E-state index contributed by atoms with van der Waals surface area (Å²) in [4.78, 5) is 37.4. The Hall–Kier alpha value is -4.30. The molecule has 0 spiro atoms. The highest BCUT2D eigenvalue weighted by atomic mass is 19.4. The van der Waals surface area contributed by atoms with Gasteiger partial charge in [0.15, 0.2) is 0 Å². The third-order valence-electron chi connectivity index (χ3n) is 8.40. The van der Waals surface area contributed by atoms with E-state index >= 15 is 0 Å². The third kappa shape index (κ3) is 5.25. The fourth-order valence-corrected chi connectivity index (χ4v) is 6.44. The second kappa shape index (κ2) is 10.5. The van der Waals surface area contributed by atoms with Crippen molar-refractivity contribution in [2.45, 2.75) is 49.0 Å². The first-order valence-corrected chi connectivity index (χ1v) is 13.6. The van der Waals surface area contributed by atoms with E-state index in [9.17, 15) is 32.3 Å². The Morgan fingerprint density at radius 3 is 2.49 bits per heavy atom. The van der Waals surface area contributed by atoms with E-state index < -0.39 is 29.4 Å². The molecule has 1 atom stereocenters. The number of halogens is 4. The summed E-state index contributed by atoms with van der Waals surface area (Å²) in [6, 6.07) is 8.05. The quantitative estimate of drug-likeness (QED) is 0.282. The number of likely N-dealkylation sites (tertiary alicyclic amines) is 1.